The Hall–Kier alpha value is -0.770. The molecule has 0 saturated heterocycles. The minimum atomic E-state index is -0.115. The molecule has 3 N–H and O–H groups in total. The van der Waals surface area contributed by atoms with Gasteiger partial charge in [0.25, 0.3) is 0 Å². The van der Waals surface area contributed by atoms with Crippen molar-refractivity contribution in [3.8, 4) is 0 Å². The van der Waals surface area contributed by atoms with Gasteiger partial charge in [0.05, 0.1) is 10.7 Å². The van der Waals surface area contributed by atoms with Gasteiger partial charge in [0.2, 0.25) is 5.91 Å². The summed E-state index contributed by atoms with van der Waals surface area (Å²) >= 11 is 12.1. The van der Waals surface area contributed by atoms with Crippen molar-refractivity contribution in [3.63, 3.8) is 0 Å². The SMILES string of the molecule is Cc1cc(Cl)c(NC(=O)CC(N)C2CC2)cc1Cl. The first-order valence-corrected chi connectivity index (χ1v) is 6.74. The van der Waals surface area contributed by atoms with Crippen molar-refractivity contribution in [1.29, 1.82) is 0 Å². The van der Waals surface area contributed by atoms with Crippen LogP contribution in [0.25, 0.3) is 0 Å². The third-order valence-corrected chi connectivity index (χ3v) is 3.89. The average molecular weight is 287 g/mol. The molecule has 0 spiro atoms. The lowest BCUT2D eigenvalue weighted by atomic mass is 10.1. The zero-order valence-electron chi connectivity index (χ0n) is 10.2. The molecule has 1 atom stereocenters. The predicted molar refractivity (Wildman–Crippen MR) is 75.1 cm³/mol. The fraction of sp³-hybridized carbons (Fsp3) is 0.462. The number of hydrogen-bond acceptors (Lipinski definition) is 2. The van der Waals surface area contributed by atoms with E-state index in [1.54, 1.807) is 12.1 Å². The fourth-order valence-electron chi connectivity index (χ4n) is 1.85. The summed E-state index contributed by atoms with van der Waals surface area (Å²) in [7, 11) is 0. The largest absolute Gasteiger partial charge is 0.327 e. The van der Waals surface area contributed by atoms with Gasteiger partial charge >= 0.3 is 0 Å². The molecule has 1 aliphatic rings. The Morgan fingerprint density at radius 3 is 2.72 bits per heavy atom. The van der Waals surface area contributed by atoms with E-state index in [-0.39, 0.29) is 11.9 Å². The van der Waals surface area contributed by atoms with E-state index in [9.17, 15) is 4.79 Å². The second-order valence-corrected chi connectivity index (χ2v) is 5.65. The highest BCUT2D eigenvalue weighted by atomic mass is 35.5. The van der Waals surface area contributed by atoms with Crippen molar-refractivity contribution in [3.05, 3.63) is 27.7 Å². The Morgan fingerprint density at radius 1 is 1.44 bits per heavy atom. The van der Waals surface area contributed by atoms with Crippen molar-refractivity contribution in [2.75, 3.05) is 5.32 Å². The fourth-order valence-corrected chi connectivity index (χ4v) is 2.28. The molecule has 0 heterocycles. The van der Waals surface area contributed by atoms with Crippen LogP contribution in [0.3, 0.4) is 0 Å². The van der Waals surface area contributed by atoms with Gasteiger partial charge in [-0.2, -0.15) is 0 Å². The maximum absolute atomic E-state index is 11.8. The second kappa shape index (κ2) is 5.47. The van der Waals surface area contributed by atoms with Crippen LogP contribution in [0.5, 0.6) is 0 Å². The maximum atomic E-state index is 11.8. The van der Waals surface area contributed by atoms with Gasteiger partial charge < -0.3 is 11.1 Å². The third kappa shape index (κ3) is 3.37. The molecule has 2 rings (SSSR count). The molecule has 0 radical (unpaired) electrons. The third-order valence-electron chi connectivity index (χ3n) is 3.17. The van der Waals surface area contributed by atoms with E-state index in [0.717, 1.165) is 18.4 Å². The Labute approximate surface area is 117 Å². The maximum Gasteiger partial charge on any atom is 0.225 e. The van der Waals surface area contributed by atoms with Crippen molar-refractivity contribution >= 4 is 34.8 Å². The topological polar surface area (TPSA) is 55.1 Å². The number of nitrogens with one attached hydrogen (secondary N) is 1. The molecule has 1 unspecified atom stereocenters. The van der Waals surface area contributed by atoms with Crippen molar-refractivity contribution < 1.29 is 4.79 Å². The van der Waals surface area contributed by atoms with Gasteiger partial charge in [-0.05, 0) is 43.4 Å². The number of benzene rings is 1. The smallest absolute Gasteiger partial charge is 0.225 e. The quantitative estimate of drug-likeness (QED) is 0.892. The highest BCUT2D eigenvalue weighted by Gasteiger charge is 2.29. The predicted octanol–water partition coefficient (Wildman–Crippen LogP) is 3.37. The van der Waals surface area contributed by atoms with E-state index >= 15 is 0 Å². The number of nitrogens with two attached hydrogens (primary N) is 1. The number of halogens is 2. The van der Waals surface area contributed by atoms with Crippen molar-refractivity contribution in [2.45, 2.75) is 32.2 Å². The van der Waals surface area contributed by atoms with Crippen LogP contribution in [0.15, 0.2) is 12.1 Å². The summed E-state index contributed by atoms with van der Waals surface area (Å²) in [6.45, 7) is 1.86. The van der Waals surface area contributed by atoms with E-state index in [4.69, 9.17) is 28.9 Å². The lowest BCUT2D eigenvalue weighted by Crippen LogP contribution is -2.28. The first-order valence-electron chi connectivity index (χ1n) is 5.98. The number of amides is 1. The van der Waals surface area contributed by atoms with E-state index in [2.05, 4.69) is 5.32 Å². The molecular weight excluding hydrogens is 271 g/mol. The summed E-state index contributed by atoms with van der Waals surface area (Å²) < 4.78 is 0. The Morgan fingerprint density at radius 2 is 2.11 bits per heavy atom. The summed E-state index contributed by atoms with van der Waals surface area (Å²) in [5.74, 6) is 0.393. The Kier molecular flexibility index (Phi) is 4.15. The van der Waals surface area contributed by atoms with Crippen LogP contribution in [-0.4, -0.2) is 11.9 Å². The highest BCUT2D eigenvalue weighted by Crippen LogP contribution is 2.33. The second-order valence-electron chi connectivity index (χ2n) is 4.83. The molecule has 3 nitrogen and oxygen atoms in total. The van der Waals surface area contributed by atoms with Crippen LogP contribution in [-0.2, 0) is 4.79 Å². The summed E-state index contributed by atoms with van der Waals surface area (Å²) in [6, 6.07) is 3.35. The normalized spacial score (nSPS) is 16.4. The van der Waals surface area contributed by atoms with Gasteiger partial charge in [-0.3, -0.25) is 4.79 Å². The number of rotatable bonds is 4. The number of hydrogen-bond donors (Lipinski definition) is 2. The molecule has 1 amide bonds. The first kappa shape index (κ1) is 13.7. The monoisotopic (exact) mass is 286 g/mol. The number of carbonyl (C=O) groups excluding carboxylic acids is 1. The lowest BCUT2D eigenvalue weighted by molar-refractivity contribution is -0.116. The van der Waals surface area contributed by atoms with E-state index in [1.807, 2.05) is 6.92 Å². The number of anilines is 1. The van der Waals surface area contributed by atoms with Crippen LogP contribution in [0.1, 0.15) is 24.8 Å². The highest BCUT2D eigenvalue weighted by molar-refractivity contribution is 6.36. The number of carbonyl (C=O) groups is 1. The summed E-state index contributed by atoms with van der Waals surface area (Å²) in [5.41, 5.74) is 7.33. The van der Waals surface area contributed by atoms with Gasteiger partial charge in [0.1, 0.15) is 0 Å². The van der Waals surface area contributed by atoms with Gasteiger partial charge in [0, 0.05) is 17.5 Å². The molecule has 0 aromatic heterocycles. The van der Waals surface area contributed by atoms with Gasteiger partial charge in [-0.1, -0.05) is 23.2 Å². The van der Waals surface area contributed by atoms with Crippen LogP contribution in [0.2, 0.25) is 10.0 Å². The van der Waals surface area contributed by atoms with Crippen molar-refractivity contribution in [2.24, 2.45) is 11.7 Å². The average Bonchev–Trinajstić information content (AvgIpc) is 3.09. The molecule has 5 heteroatoms. The van der Waals surface area contributed by atoms with Crippen LogP contribution in [0.4, 0.5) is 5.69 Å². The van der Waals surface area contributed by atoms with E-state index < -0.39 is 0 Å². The van der Waals surface area contributed by atoms with Crippen molar-refractivity contribution in [1.82, 2.24) is 0 Å². The minimum Gasteiger partial charge on any atom is -0.327 e. The molecule has 98 valence electrons. The zero-order chi connectivity index (χ0) is 13.3. The Balaban J connectivity index is 1.99. The first-order chi connectivity index (χ1) is 8.47. The standard InChI is InChI=1S/C13H16Cl2N2O/c1-7-4-10(15)12(5-9(7)14)17-13(18)6-11(16)8-2-3-8/h4-5,8,11H,2-3,6,16H2,1H3,(H,17,18). The molecule has 1 aliphatic carbocycles. The molecule has 1 aromatic carbocycles. The summed E-state index contributed by atoms with van der Waals surface area (Å²) in [4.78, 5) is 11.8. The summed E-state index contributed by atoms with van der Waals surface area (Å²) in [6.07, 6.45) is 2.59. The number of aryl methyl sites for hydroxylation is 1. The van der Waals surface area contributed by atoms with Crippen LogP contribution in [0, 0.1) is 12.8 Å². The molecule has 0 bridgehead atoms. The van der Waals surface area contributed by atoms with Crippen LogP contribution < -0.4 is 11.1 Å². The Bertz CT molecular complexity index is 472. The van der Waals surface area contributed by atoms with Crippen LogP contribution >= 0.6 is 23.2 Å². The summed E-state index contributed by atoms with van der Waals surface area (Å²) in [5, 5.41) is 3.83. The molecular formula is C13H16Cl2N2O. The molecule has 0 aliphatic heterocycles. The van der Waals surface area contributed by atoms with E-state index in [1.165, 1.54) is 0 Å². The van der Waals surface area contributed by atoms with E-state index in [0.29, 0.717) is 28.1 Å². The lowest BCUT2D eigenvalue weighted by Gasteiger charge is -2.12. The van der Waals surface area contributed by atoms with Gasteiger partial charge in [0.15, 0.2) is 0 Å². The molecule has 18 heavy (non-hydrogen) atoms. The molecule has 1 saturated carbocycles. The zero-order valence-corrected chi connectivity index (χ0v) is 11.7. The molecule has 1 fully saturated rings. The van der Waals surface area contributed by atoms with Gasteiger partial charge in [-0.15, -0.1) is 0 Å². The minimum absolute atomic E-state index is 0.0512. The van der Waals surface area contributed by atoms with Gasteiger partial charge in [-0.25, -0.2) is 0 Å². The molecule has 1 aromatic rings.